The van der Waals surface area contributed by atoms with E-state index in [1.165, 1.54) is 22.3 Å². The van der Waals surface area contributed by atoms with Crippen molar-refractivity contribution in [2.75, 3.05) is 0 Å². The molecule has 0 aromatic heterocycles. The Bertz CT molecular complexity index is 679. The van der Waals surface area contributed by atoms with Gasteiger partial charge in [-0.15, -0.1) is 0 Å². The molecule has 2 aromatic rings. The molecule has 1 aliphatic carbocycles. The van der Waals surface area contributed by atoms with Crippen LogP contribution in [-0.2, 0) is 10.2 Å². The van der Waals surface area contributed by atoms with Crippen molar-refractivity contribution in [2.45, 2.75) is 46.0 Å². The molecule has 0 atom stereocenters. The number of benzene rings is 2. The SMILES string of the molecule is CC(=O)CC(C)(C)CC1(C)c2ccccc2-c2ccccc21. The number of ketones is 1. The zero-order valence-corrected chi connectivity index (χ0v) is 13.9. The highest BCUT2D eigenvalue weighted by molar-refractivity contribution is 5.81. The lowest BCUT2D eigenvalue weighted by Gasteiger charge is -2.36. The first-order valence-corrected chi connectivity index (χ1v) is 8.02. The van der Waals surface area contributed by atoms with Gasteiger partial charge >= 0.3 is 0 Å². The van der Waals surface area contributed by atoms with E-state index in [0.29, 0.717) is 6.42 Å². The van der Waals surface area contributed by atoms with Crippen molar-refractivity contribution in [2.24, 2.45) is 5.41 Å². The molecule has 0 spiro atoms. The van der Waals surface area contributed by atoms with Crippen LogP contribution in [0.5, 0.6) is 0 Å². The summed E-state index contributed by atoms with van der Waals surface area (Å²) in [5.74, 6) is 0.271. The van der Waals surface area contributed by atoms with Crippen molar-refractivity contribution in [3.05, 3.63) is 59.7 Å². The Kier molecular flexibility index (Phi) is 3.47. The molecule has 0 saturated carbocycles. The van der Waals surface area contributed by atoms with Crippen molar-refractivity contribution in [3.8, 4) is 11.1 Å². The number of rotatable bonds is 4. The van der Waals surface area contributed by atoms with Crippen LogP contribution in [-0.4, -0.2) is 5.78 Å². The highest BCUT2D eigenvalue weighted by Crippen LogP contribution is 2.53. The normalized spacial score (nSPS) is 15.3. The Morgan fingerprint density at radius 3 is 1.86 bits per heavy atom. The van der Waals surface area contributed by atoms with Gasteiger partial charge in [0.2, 0.25) is 0 Å². The summed E-state index contributed by atoms with van der Waals surface area (Å²) in [6.07, 6.45) is 1.61. The standard InChI is InChI=1S/C21H24O/c1-15(22)13-20(2,3)14-21(4)18-11-7-5-9-16(18)17-10-6-8-12-19(17)21/h5-12H,13-14H2,1-4H3. The second-order valence-corrected chi connectivity index (χ2v) is 7.64. The second kappa shape index (κ2) is 5.08. The Balaban J connectivity index is 2.11. The molecule has 2 aromatic carbocycles. The van der Waals surface area contributed by atoms with Gasteiger partial charge in [-0.25, -0.2) is 0 Å². The smallest absolute Gasteiger partial charge is 0.130 e. The molecule has 3 rings (SSSR count). The molecule has 0 bridgehead atoms. The maximum Gasteiger partial charge on any atom is 0.130 e. The van der Waals surface area contributed by atoms with Gasteiger partial charge in [0.05, 0.1) is 0 Å². The Morgan fingerprint density at radius 2 is 1.41 bits per heavy atom. The molecule has 22 heavy (non-hydrogen) atoms. The molecule has 0 fully saturated rings. The minimum absolute atomic E-state index is 0.00878. The van der Waals surface area contributed by atoms with Crippen LogP contribution < -0.4 is 0 Å². The van der Waals surface area contributed by atoms with Crippen molar-refractivity contribution in [1.82, 2.24) is 0 Å². The Hall–Kier alpha value is -1.89. The first-order valence-electron chi connectivity index (χ1n) is 8.02. The fourth-order valence-corrected chi connectivity index (χ4v) is 4.43. The average Bonchev–Trinajstić information content (AvgIpc) is 2.68. The molecule has 1 aliphatic rings. The highest BCUT2D eigenvalue weighted by Gasteiger charge is 2.42. The number of carbonyl (C=O) groups excluding carboxylic acids is 1. The van der Waals surface area contributed by atoms with Crippen molar-refractivity contribution >= 4 is 5.78 Å². The number of hydrogen-bond donors (Lipinski definition) is 0. The molecule has 0 unspecified atom stereocenters. The lowest BCUT2D eigenvalue weighted by atomic mass is 9.67. The highest BCUT2D eigenvalue weighted by atomic mass is 16.1. The van der Waals surface area contributed by atoms with Gasteiger partial charge in [0.25, 0.3) is 0 Å². The minimum Gasteiger partial charge on any atom is -0.300 e. The van der Waals surface area contributed by atoms with E-state index in [1.54, 1.807) is 6.92 Å². The third kappa shape index (κ3) is 2.39. The molecule has 1 nitrogen and oxygen atoms in total. The summed E-state index contributed by atoms with van der Waals surface area (Å²) in [4.78, 5) is 11.6. The van der Waals surface area contributed by atoms with Gasteiger partial charge in [-0.3, -0.25) is 0 Å². The van der Waals surface area contributed by atoms with Gasteiger partial charge in [0, 0.05) is 11.8 Å². The molecule has 0 aliphatic heterocycles. The maximum absolute atomic E-state index is 11.6. The van der Waals surface area contributed by atoms with E-state index in [1.807, 2.05) is 0 Å². The summed E-state index contributed by atoms with van der Waals surface area (Å²) in [6, 6.07) is 17.4. The van der Waals surface area contributed by atoms with Gasteiger partial charge in [-0.1, -0.05) is 69.3 Å². The molecule has 0 amide bonds. The Labute approximate surface area is 133 Å². The summed E-state index contributed by atoms with van der Waals surface area (Å²) < 4.78 is 0. The van der Waals surface area contributed by atoms with E-state index in [4.69, 9.17) is 0 Å². The predicted octanol–water partition coefficient (Wildman–Crippen LogP) is 5.37. The van der Waals surface area contributed by atoms with E-state index in [-0.39, 0.29) is 16.6 Å². The molecule has 0 saturated heterocycles. The molecule has 0 heterocycles. The van der Waals surface area contributed by atoms with Gasteiger partial charge in [-0.05, 0) is 41.0 Å². The summed E-state index contributed by atoms with van der Waals surface area (Å²) >= 11 is 0. The zero-order valence-electron chi connectivity index (χ0n) is 13.9. The van der Waals surface area contributed by atoms with Crippen LogP contribution in [0.3, 0.4) is 0 Å². The molecule has 114 valence electrons. The van der Waals surface area contributed by atoms with Gasteiger partial charge in [0.15, 0.2) is 0 Å². The molecular formula is C21H24O. The van der Waals surface area contributed by atoms with Crippen LogP contribution in [0.15, 0.2) is 48.5 Å². The lowest BCUT2D eigenvalue weighted by Crippen LogP contribution is -2.30. The summed E-state index contributed by atoms with van der Waals surface area (Å²) in [7, 11) is 0. The molecule has 0 N–H and O–H groups in total. The second-order valence-electron chi connectivity index (χ2n) is 7.64. The predicted molar refractivity (Wildman–Crippen MR) is 92.0 cm³/mol. The third-order valence-corrected chi connectivity index (χ3v) is 4.89. The van der Waals surface area contributed by atoms with Crippen LogP contribution in [0, 0.1) is 5.41 Å². The van der Waals surface area contributed by atoms with Crippen LogP contribution in [0.1, 0.15) is 51.7 Å². The first kappa shape index (κ1) is 15.0. The van der Waals surface area contributed by atoms with Crippen molar-refractivity contribution in [3.63, 3.8) is 0 Å². The topological polar surface area (TPSA) is 17.1 Å². The van der Waals surface area contributed by atoms with Gasteiger partial charge < -0.3 is 4.79 Å². The van der Waals surface area contributed by atoms with Crippen molar-refractivity contribution < 1.29 is 4.79 Å². The van der Waals surface area contributed by atoms with Crippen LogP contribution in [0.2, 0.25) is 0 Å². The van der Waals surface area contributed by atoms with Gasteiger partial charge in [0.1, 0.15) is 5.78 Å². The summed E-state index contributed by atoms with van der Waals surface area (Å²) in [6.45, 7) is 8.45. The fourth-order valence-electron chi connectivity index (χ4n) is 4.43. The first-order chi connectivity index (χ1) is 10.3. The average molecular weight is 292 g/mol. The van der Waals surface area contributed by atoms with E-state index >= 15 is 0 Å². The summed E-state index contributed by atoms with van der Waals surface area (Å²) in [5, 5.41) is 0. The lowest BCUT2D eigenvalue weighted by molar-refractivity contribution is -0.119. The molecule has 0 radical (unpaired) electrons. The number of Topliss-reactive ketones (excluding diaryl/α,β-unsaturated/α-hetero) is 1. The molecular weight excluding hydrogens is 268 g/mol. The van der Waals surface area contributed by atoms with Gasteiger partial charge in [-0.2, -0.15) is 0 Å². The zero-order chi connectivity index (χ0) is 16.0. The fraction of sp³-hybridized carbons (Fsp3) is 0.381. The number of carbonyl (C=O) groups is 1. The largest absolute Gasteiger partial charge is 0.300 e. The van der Waals surface area contributed by atoms with Crippen LogP contribution in [0.25, 0.3) is 11.1 Å². The third-order valence-electron chi connectivity index (χ3n) is 4.89. The number of hydrogen-bond acceptors (Lipinski definition) is 1. The van der Waals surface area contributed by atoms with Crippen LogP contribution >= 0.6 is 0 Å². The van der Waals surface area contributed by atoms with Crippen molar-refractivity contribution in [1.29, 1.82) is 0 Å². The van der Waals surface area contributed by atoms with Crippen LogP contribution in [0.4, 0.5) is 0 Å². The number of fused-ring (bicyclic) bond motifs is 3. The quantitative estimate of drug-likeness (QED) is 0.740. The Morgan fingerprint density at radius 1 is 0.955 bits per heavy atom. The molecule has 1 heteroatoms. The van der Waals surface area contributed by atoms with E-state index in [2.05, 4.69) is 69.3 Å². The van der Waals surface area contributed by atoms with E-state index in [9.17, 15) is 4.79 Å². The minimum atomic E-state index is -0.0217. The van der Waals surface area contributed by atoms with E-state index in [0.717, 1.165) is 6.42 Å². The summed E-state index contributed by atoms with van der Waals surface area (Å²) in [5.41, 5.74) is 5.45. The van der Waals surface area contributed by atoms with E-state index < -0.39 is 0 Å². The maximum atomic E-state index is 11.6. The monoisotopic (exact) mass is 292 g/mol.